The van der Waals surface area contributed by atoms with E-state index in [0.717, 1.165) is 28.0 Å². The highest BCUT2D eigenvalue weighted by atomic mass is 16.7. The van der Waals surface area contributed by atoms with Gasteiger partial charge >= 0.3 is 0 Å². The zero-order valence-electron chi connectivity index (χ0n) is 11.2. The third-order valence-corrected chi connectivity index (χ3v) is 3.44. The molecule has 1 aliphatic heterocycles. The zero-order valence-corrected chi connectivity index (χ0v) is 11.2. The predicted octanol–water partition coefficient (Wildman–Crippen LogP) is 3.35. The molecule has 0 saturated carbocycles. The molecule has 2 aromatic carbocycles. The molecule has 0 radical (unpaired) electrons. The molecule has 3 heteroatoms. The SMILES string of the molecule is COC1OC(c2ccccc2)=Cc2c(CO)cccc21. The van der Waals surface area contributed by atoms with E-state index in [9.17, 15) is 5.11 Å². The second kappa shape index (κ2) is 5.49. The van der Waals surface area contributed by atoms with Gasteiger partial charge in [-0.3, -0.25) is 0 Å². The number of hydrogen-bond acceptors (Lipinski definition) is 3. The van der Waals surface area contributed by atoms with Gasteiger partial charge in [0.2, 0.25) is 6.29 Å². The van der Waals surface area contributed by atoms with Crippen molar-refractivity contribution in [3.05, 3.63) is 70.8 Å². The maximum absolute atomic E-state index is 9.50. The molecule has 1 N–H and O–H groups in total. The summed E-state index contributed by atoms with van der Waals surface area (Å²) >= 11 is 0. The van der Waals surface area contributed by atoms with Crippen molar-refractivity contribution < 1.29 is 14.6 Å². The van der Waals surface area contributed by atoms with E-state index in [4.69, 9.17) is 9.47 Å². The molecule has 2 aromatic rings. The Morgan fingerprint density at radius 1 is 1.10 bits per heavy atom. The fourth-order valence-corrected chi connectivity index (χ4v) is 2.43. The minimum absolute atomic E-state index is 0.00181. The fraction of sp³-hybridized carbons (Fsp3) is 0.176. The van der Waals surface area contributed by atoms with E-state index in [1.807, 2.05) is 54.6 Å². The van der Waals surface area contributed by atoms with E-state index in [1.165, 1.54) is 0 Å². The van der Waals surface area contributed by atoms with Gasteiger partial charge in [-0.25, -0.2) is 0 Å². The smallest absolute Gasteiger partial charge is 0.227 e. The van der Waals surface area contributed by atoms with Crippen LogP contribution in [0.4, 0.5) is 0 Å². The Bertz CT molecular complexity index is 632. The van der Waals surface area contributed by atoms with Crippen LogP contribution in [0.3, 0.4) is 0 Å². The van der Waals surface area contributed by atoms with Crippen molar-refractivity contribution in [3.63, 3.8) is 0 Å². The molecule has 0 aromatic heterocycles. The highest BCUT2D eigenvalue weighted by molar-refractivity contribution is 5.81. The zero-order chi connectivity index (χ0) is 13.9. The minimum atomic E-state index is -0.447. The molecule has 0 spiro atoms. The molecule has 0 amide bonds. The van der Waals surface area contributed by atoms with Crippen LogP contribution in [0.1, 0.15) is 28.5 Å². The number of benzene rings is 2. The van der Waals surface area contributed by atoms with E-state index in [0.29, 0.717) is 0 Å². The largest absolute Gasteiger partial charge is 0.460 e. The first-order chi connectivity index (χ1) is 9.83. The Hall–Kier alpha value is -2.10. The number of methoxy groups -OCH3 is 1. The number of rotatable bonds is 3. The van der Waals surface area contributed by atoms with Gasteiger partial charge < -0.3 is 14.6 Å². The van der Waals surface area contributed by atoms with Crippen molar-refractivity contribution >= 4 is 11.8 Å². The summed E-state index contributed by atoms with van der Waals surface area (Å²) in [4.78, 5) is 0. The Labute approximate surface area is 118 Å². The monoisotopic (exact) mass is 268 g/mol. The van der Waals surface area contributed by atoms with Crippen LogP contribution in [0.5, 0.6) is 0 Å². The van der Waals surface area contributed by atoms with E-state index in [2.05, 4.69) is 0 Å². The summed E-state index contributed by atoms with van der Waals surface area (Å²) in [5.74, 6) is 0.755. The number of hydrogen-bond donors (Lipinski definition) is 1. The Morgan fingerprint density at radius 2 is 1.90 bits per heavy atom. The van der Waals surface area contributed by atoms with E-state index < -0.39 is 6.29 Å². The van der Waals surface area contributed by atoms with E-state index >= 15 is 0 Å². The van der Waals surface area contributed by atoms with Crippen molar-refractivity contribution in [2.75, 3.05) is 7.11 Å². The Kier molecular flexibility index (Phi) is 3.54. The van der Waals surface area contributed by atoms with Crippen LogP contribution in [0.25, 0.3) is 11.8 Å². The first-order valence-electron chi connectivity index (χ1n) is 6.52. The second-order valence-electron chi connectivity index (χ2n) is 4.64. The van der Waals surface area contributed by atoms with Crippen molar-refractivity contribution in [2.45, 2.75) is 12.9 Å². The van der Waals surface area contributed by atoms with E-state index in [1.54, 1.807) is 7.11 Å². The summed E-state index contributed by atoms with van der Waals surface area (Å²) < 4.78 is 11.3. The van der Waals surface area contributed by atoms with Crippen molar-refractivity contribution in [1.29, 1.82) is 0 Å². The summed E-state index contributed by atoms with van der Waals surface area (Å²) in [5.41, 5.74) is 3.79. The van der Waals surface area contributed by atoms with Crippen LogP contribution in [0, 0.1) is 0 Å². The number of ether oxygens (including phenoxy) is 2. The lowest BCUT2D eigenvalue weighted by atomic mass is 9.97. The van der Waals surface area contributed by atoms with Gasteiger partial charge in [-0.15, -0.1) is 0 Å². The van der Waals surface area contributed by atoms with Crippen LogP contribution in [0.2, 0.25) is 0 Å². The minimum Gasteiger partial charge on any atom is -0.460 e. The van der Waals surface area contributed by atoms with Gasteiger partial charge in [-0.1, -0.05) is 48.5 Å². The summed E-state index contributed by atoms with van der Waals surface area (Å²) in [6, 6.07) is 15.7. The van der Waals surface area contributed by atoms with Gasteiger partial charge in [-0.2, -0.15) is 0 Å². The molecular weight excluding hydrogens is 252 g/mol. The average Bonchev–Trinajstić information content (AvgIpc) is 2.54. The summed E-state index contributed by atoms with van der Waals surface area (Å²) in [6.45, 7) is -0.00181. The molecule has 1 heterocycles. The maximum Gasteiger partial charge on any atom is 0.227 e. The molecule has 102 valence electrons. The Balaban J connectivity index is 2.13. The lowest BCUT2D eigenvalue weighted by molar-refractivity contribution is -0.0766. The van der Waals surface area contributed by atoms with Crippen LogP contribution in [-0.4, -0.2) is 12.2 Å². The molecule has 0 bridgehead atoms. The topological polar surface area (TPSA) is 38.7 Å². The molecule has 3 rings (SSSR count). The van der Waals surface area contributed by atoms with E-state index in [-0.39, 0.29) is 6.61 Å². The van der Waals surface area contributed by atoms with Gasteiger partial charge in [0, 0.05) is 18.2 Å². The number of aliphatic hydroxyl groups is 1. The predicted molar refractivity (Wildman–Crippen MR) is 77.5 cm³/mol. The molecular formula is C17H16O3. The third-order valence-electron chi connectivity index (χ3n) is 3.44. The van der Waals surface area contributed by atoms with Gasteiger partial charge in [0.1, 0.15) is 5.76 Å². The van der Waals surface area contributed by atoms with Gasteiger partial charge in [-0.05, 0) is 17.2 Å². The van der Waals surface area contributed by atoms with Gasteiger partial charge in [0.05, 0.1) is 6.61 Å². The van der Waals surface area contributed by atoms with Crippen molar-refractivity contribution in [2.24, 2.45) is 0 Å². The van der Waals surface area contributed by atoms with Crippen LogP contribution >= 0.6 is 0 Å². The summed E-state index contributed by atoms with van der Waals surface area (Å²) in [5, 5.41) is 9.50. The highest BCUT2D eigenvalue weighted by Crippen LogP contribution is 2.37. The first-order valence-corrected chi connectivity index (χ1v) is 6.52. The third kappa shape index (κ3) is 2.22. The molecule has 0 saturated heterocycles. The van der Waals surface area contributed by atoms with Crippen LogP contribution < -0.4 is 0 Å². The fourth-order valence-electron chi connectivity index (χ4n) is 2.43. The van der Waals surface area contributed by atoms with Crippen LogP contribution in [-0.2, 0) is 16.1 Å². The number of aliphatic hydroxyl groups excluding tert-OH is 1. The molecule has 3 nitrogen and oxygen atoms in total. The van der Waals surface area contributed by atoms with Gasteiger partial charge in [0.25, 0.3) is 0 Å². The lowest BCUT2D eigenvalue weighted by Crippen LogP contribution is -2.13. The normalized spacial score (nSPS) is 17.1. The molecule has 20 heavy (non-hydrogen) atoms. The quantitative estimate of drug-likeness (QED) is 0.927. The Morgan fingerprint density at radius 3 is 2.60 bits per heavy atom. The van der Waals surface area contributed by atoms with Gasteiger partial charge in [0.15, 0.2) is 0 Å². The highest BCUT2D eigenvalue weighted by Gasteiger charge is 2.24. The maximum atomic E-state index is 9.50. The molecule has 0 fully saturated rings. The van der Waals surface area contributed by atoms with Crippen molar-refractivity contribution in [3.8, 4) is 0 Å². The second-order valence-corrected chi connectivity index (χ2v) is 4.64. The molecule has 0 aliphatic carbocycles. The summed E-state index contributed by atoms with van der Waals surface area (Å²) in [7, 11) is 1.62. The number of fused-ring (bicyclic) bond motifs is 1. The average molecular weight is 268 g/mol. The molecule has 1 atom stereocenters. The van der Waals surface area contributed by atoms with Crippen molar-refractivity contribution in [1.82, 2.24) is 0 Å². The first kappa shape index (κ1) is 12.9. The van der Waals surface area contributed by atoms with Crippen LogP contribution in [0.15, 0.2) is 48.5 Å². The lowest BCUT2D eigenvalue weighted by Gasteiger charge is -2.27. The standard InChI is InChI=1S/C17H16O3/c1-19-17-14-9-5-8-13(11-18)15(14)10-16(20-17)12-6-3-2-4-7-12/h2-10,17-18H,11H2,1H3. The molecule has 1 unspecified atom stereocenters. The summed E-state index contributed by atoms with van der Waals surface area (Å²) in [6.07, 6.45) is 1.52. The molecule has 1 aliphatic rings.